The monoisotopic (exact) mass is 207 g/mol. The third kappa shape index (κ3) is 1.88. The Morgan fingerprint density at radius 3 is 2.64 bits per heavy atom. The van der Waals surface area contributed by atoms with Gasteiger partial charge < -0.3 is 0 Å². The molecule has 0 amide bonds. The number of nitrogens with zero attached hydrogens (tertiary/aromatic N) is 1. The minimum absolute atomic E-state index is 0.180. The van der Waals surface area contributed by atoms with E-state index in [2.05, 4.69) is 0 Å². The Labute approximate surface area is 79.4 Å². The van der Waals surface area contributed by atoms with Gasteiger partial charge in [-0.05, 0) is 6.92 Å². The summed E-state index contributed by atoms with van der Waals surface area (Å²) in [6.45, 7) is 0.249. The number of halogens is 2. The van der Waals surface area contributed by atoms with Gasteiger partial charge in [0.25, 0.3) is 5.92 Å². The minimum Gasteiger partial charge on any atom is -0.300 e. The molecule has 0 heterocycles. The highest BCUT2D eigenvalue weighted by Gasteiger charge is 2.56. The van der Waals surface area contributed by atoms with Gasteiger partial charge in [-0.2, -0.15) is 0 Å². The molecule has 0 spiro atoms. The molecule has 4 nitrogen and oxygen atoms in total. The maximum Gasteiger partial charge on any atom is 0.260 e. The molecule has 6 heteroatoms. The summed E-state index contributed by atoms with van der Waals surface area (Å²) in [5.41, 5.74) is -1.81. The van der Waals surface area contributed by atoms with Crippen LogP contribution in [-0.4, -0.2) is 23.2 Å². The Kier molecular flexibility index (Phi) is 2.56. The van der Waals surface area contributed by atoms with E-state index in [0.29, 0.717) is 0 Å². The third-order valence-corrected chi connectivity index (χ3v) is 2.67. The first kappa shape index (κ1) is 11.0. The summed E-state index contributed by atoms with van der Waals surface area (Å²) in [5, 5.41) is 10.2. The predicted molar refractivity (Wildman–Crippen MR) is 43.8 cm³/mol. The molecule has 0 aliphatic heterocycles. The predicted octanol–water partition coefficient (Wildman–Crippen LogP) is 1.66. The van der Waals surface area contributed by atoms with Crippen LogP contribution in [0.4, 0.5) is 8.78 Å². The Bertz CT molecular complexity index is 276. The van der Waals surface area contributed by atoms with Crippen molar-refractivity contribution in [1.82, 2.24) is 0 Å². The molecule has 1 aliphatic rings. The zero-order valence-corrected chi connectivity index (χ0v) is 7.76. The van der Waals surface area contributed by atoms with E-state index in [4.69, 9.17) is 0 Å². The van der Waals surface area contributed by atoms with Crippen LogP contribution < -0.4 is 0 Å². The fourth-order valence-electron chi connectivity index (χ4n) is 1.71. The van der Waals surface area contributed by atoms with E-state index in [-0.39, 0.29) is 12.2 Å². The van der Waals surface area contributed by atoms with Gasteiger partial charge in [0.05, 0.1) is 0 Å². The van der Waals surface area contributed by atoms with Crippen LogP contribution in [0.5, 0.6) is 0 Å². The van der Waals surface area contributed by atoms with Crippen LogP contribution in [0, 0.1) is 15.5 Å². The zero-order valence-electron chi connectivity index (χ0n) is 7.76. The molecule has 0 bridgehead atoms. The van der Waals surface area contributed by atoms with Crippen molar-refractivity contribution in [3.05, 3.63) is 10.1 Å². The molecule has 0 saturated heterocycles. The second-order valence-electron chi connectivity index (χ2n) is 3.97. The van der Waals surface area contributed by atoms with Crippen molar-refractivity contribution < 1.29 is 18.5 Å². The Hall–Kier alpha value is -1.07. The molecule has 1 rings (SSSR count). The maximum absolute atomic E-state index is 13.3. The van der Waals surface area contributed by atoms with Gasteiger partial charge in [0.15, 0.2) is 0 Å². The van der Waals surface area contributed by atoms with Gasteiger partial charge in [0.2, 0.25) is 6.54 Å². The molecule has 0 unspecified atom stereocenters. The van der Waals surface area contributed by atoms with Crippen LogP contribution in [0.1, 0.15) is 26.2 Å². The number of carbonyl (C=O) groups is 1. The average molecular weight is 207 g/mol. The highest BCUT2D eigenvalue weighted by atomic mass is 19.3. The van der Waals surface area contributed by atoms with E-state index in [0.717, 1.165) is 6.92 Å². The molecular weight excluding hydrogens is 196 g/mol. The van der Waals surface area contributed by atoms with Crippen LogP contribution in [-0.2, 0) is 4.79 Å². The standard InChI is InChI=1S/C8H11F2NO3/c1-7(5-11(13)14)4-6(12)2-3-8(7,9)10/h2-5H2,1H3/t7-/m0/s1. The lowest BCUT2D eigenvalue weighted by atomic mass is 9.72. The SMILES string of the molecule is C[C@@]1(C[N+](=O)[O-])CC(=O)CCC1(F)F. The van der Waals surface area contributed by atoms with Crippen LogP contribution in [0.15, 0.2) is 0 Å². The first-order valence-electron chi connectivity index (χ1n) is 4.28. The van der Waals surface area contributed by atoms with Gasteiger partial charge in [-0.3, -0.25) is 14.9 Å². The number of nitro groups is 1. The molecular formula is C8H11F2NO3. The molecule has 14 heavy (non-hydrogen) atoms. The van der Waals surface area contributed by atoms with Crippen molar-refractivity contribution in [2.24, 2.45) is 5.41 Å². The lowest BCUT2D eigenvalue weighted by molar-refractivity contribution is -0.505. The summed E-state index contributed by atoms with van der Waals surface area (Å²) in [6.07, 6.45) is -1.16. The second-order valence-corrected chi connectivity index (χ2v) is 3.97. The van der Waals surface area contributed by atoms with Gasteiger partial charge in [0.1, 0.15) is 11.2 Å². The van der Waals surface area contributed by atoms with Crippen molar-refractivity contribution >= 4 is 5.78 Å². The molecule has 0 N–H and O–H groups in total. The highest BCUT2D eigenvalue weighted by Crippen LogP contribution is 2.46. The average Bonchev–Trinajstić information content (AvgIpc) is 1.96. The molecule has 1 atom stereocenters. The van der Waals surface area contributed by atoms with Crippen molar-refractivity contribution in [2.75, 3.05) is 6.54 Å². The number of hydrogen-bond donors (Lipinski definition) is 0. The molecule has 0 radical (unpaired) electrons. The molecule has 1 saturated carbocycles. The summed E-state index contributed by atoms with van der Waals surface area (Å²) < 4.78 is 26.7. The summed E-state index contributed by atoms with van der Waals surface area (Å²) in [7, 11) is 0. The van der Waals surface area contributed by atoms with Gasteiger partial charge in [-0.25, -0.2) is 8.78 Å². The minimum atomic E-state index is -3.12. The fourth-order valence-corrected chi connectivity index (χ4v) is 1.71. The number of rotatable bonds is 2. The van der Waals surface area contributed by atoms with Crippen molar-refractivity contribution in [3.8, 4) is 0 Å². The Morgan fingerprint density at radius 2 is 2.14 bits per heavy atom. The van der Waals surface area contributed by atoms with Crippen LogP contribution in [0.3, 0.4) is 0 Å². The topological polar surface area (TPSA) is 60.2 Å². The smallest absolute Gasteiger partial charge is 0.260 e. The van der Waals surface area contributed by atoms with E-state index in [1.807, 2.05) is 0 Å². The van der Waals surface area contributed by atoms with E-state index in [9.17, 15) is 23.7 Å². The van der Waals surface area contributed by atoms with Crippen molar-refractivity contribution in [3.63, 3.8) is 0 Å². The third-order valence-electron chi connectivity index (χ3n) is 2.67. The zero-order chi connectivity index (χ0) is 11.0. The first-order valence-corrected chi connectivity index (χ1v) is 4.28. The van der Waals surface area contributed by atoms with Gasteiger partial charge in [-0.15, -0.1) is 0 Å². The number of Topliss-reactive ketones (excluding diaryl/α,β-unsaturated/α-hetero) is 1. The van der Waals surface area contributed by atoms with Crippen LogP contribution in [0.25, 0.3) is 0 Å². The lowest BCUT2D eigenvalue weighted by Gasteiger charge is -2.37. The highest BCUT2D eigenvalue weighted by molar-refractivity contribution is 5.80. The van der Waals surface area contributed by atoms with Crippen molar-refractivity contribution in [2.45, 2.75) is 32.1 Å². The largest absolute Gasteiger partial charge is 0.300 e. The lowest BCUT2D eigenvalue weighted by Crippen LogP contribution is -2.48. The number of hydrogen-bond acceptors (Lipinski definition) is 3. The van der Waals surface area contributed by atoms with Crippen LogP contribution >= 0.6 is 0 Å². The molecule has 80 valence electrons. The van der Waals surface area contributed by atoms with Crippen LogP contribution in [0.2, 0.25) is 0 Å². The Balaban J connectivity index is 2.89. The van der Waals surface area contributed by atoms with E-state index >= 15 is 0 Å². The van der Waals surface area contributed by atoms with Gasteiger partial charge >= 0.3 is 0 Å². The number of carbonyl (C=O) groups excluding carboxylic acids is 1. The molecule has 0 aromatic carbocycles. The van der Waals surface area contributed by atoms with E-state index in [1.165, 1.54) is 0 Å². The van der Waals surface area contributed by atoms with Gasteiger partial charge in [0, 0.05) is 24.2 Å². The second kappa shape index (κ2) is 3.25. The summed E-state index contributed by atoms with van der Waals surface area (Å²) in [4.78, 5) is 20.4. The number of ketones is 1. The fraction of sp³-hybridized carbons (Fsp3) is 0.875. The molecule has 0 aromatic rings. The van der Waals surface area contributed by atoms with E-state index in [1.54, 1.807) is 0 Å². The van der Waals surface area contributed by atoms with Gasteiger partial charge in [-0.1, -0.05) is 0 Å². The molecule has 0 aromatic heterocycles. The van der Waals surface area contributed by atoms with E-state index < -0.39 is 35.6 Å². The molecule has 1 fully saturated rings. The van der Waals surface area contributed by atoms with Crippen molar-refractivity contribution in [1.29, 1.82) is 0 Å². The summed E-state index contributed by atoms with van der Waals surface area (Å²) in [6, 6.07) is 0. The molecule has 1 aliphatic carbocycles. The normalized spacial score (nSPS) is 31.5. The number of alkyl halides is 2. The quantitative estimate of drug-likeness (QED) is 0.511. The summed E-state index contributed by atoms with van der Waals surface area (Å²) >= 11 is 0. The Morgan fingerprint density at radius 1 is 1.57 bits per heavy atom. The maximum atomic E-state index is 13.3. The first-order chi connectivity index (χ1) is 6.27. The summed E-state index contributed by atoms with van der Waals surface area (Å²) in [5.74, 6) is -3.44.